The molecule has 0 nitrogen and oxygen atoms in total. The molecule has 2 aromatic carbocycles. The van der Waals surface area contributed by atoms with Crippen molar-refractivity contribution in [2.24, 2.45) is 17.8 Å². The van der Waals surface area contributed by atoms with Gasteiger partial charge in [-0.25, -0.2) is 26.3 Å². The van der Waals surface area contributed by atoms with Crippen LogP contribution in [0, 0.1) is 47.9 Å². The van der Waals surface area contributed by atoms with E-state index < -0.39 is 41.2 Å². The topological polar surface area (TPSA) is 0 Å². The molecule has 0 heterocycles. The van der Waals surface area contributed by atoms with Crippen LogP contribution in [0.5, 0.6) is 0 Å². The van der Waals surface area contributed by atoms with Gasteiger partial charge >= 0.3 is 0 Å². The van der Waals surface area contributed by atoms with E-state index in [1.807, 2.05) is 6.08 Å². The summed E-state index contributed by atoms with van der Waals surface area (Å²) in [6, 6.07) is 3.45. The second-order valence-electron chi connectivity index (χ2n) is 10.2. The number of alkyl halides is 2. The molecule has 184 valence electrons. The molecule has 0 saturated heterocycles. The van der Waals surface area contributed by atoms with Gasteiger partial charge in [-0.3, -0.25) is 0 Å². The van der Waals surface area contributed by atoms with Gasteiger partial charge in [0.1, 0.15) is 23.3 Å². The van der Waals surface area contributed by atoms with E-state index in [1.165, 1.54) is 32.6 Å². The van der Waals surface area contributed by atoms with Crippen LogP contribution in [0.4, 0.5) is 26.3 Å². The summed E-state index contributed by atoms with van der Waals surface area (Å²) in [4.78, 5) is 0. The molecule has 2 aromatic rings. The van der Waals surface area contributed by atoms with Crippen molar-refractivity contribution < 1.29 is 26.3 Å². The normalized spacial score (nSPS) is 23.6. The molecule has 1 unspecified atom stereocenters. The molecule has 1 fully saturated rings. The Morgan fingerprint density at radius 1 is 0.794 bits per heavy atom. The Morgan fingerprint density at radius 3 is 1.91 bits per heavy atom. The minimum Gasteiger partial charge on any atom is -0.207 e. The number of hydrogen-bond donors (Lipinski definition) is 0. The van der Waals surface area contributed by atoms with Gasteiger partial charge in [0.05, 0.1) is 5.56 Å². The van der Waals surface area contributed by atoms with E-state index in [4.69, 9.17) is 0 Å². The first-order valence-corrected chi connectivity index (χ1v) is 12.1. The molecule has 34 heavy (non-hydrogen) atoms. The van der Waals surface area contributed by atoms with Crippen LogP contribution in [0.2, 0.25) is 0 Å². The lowest BCUT2D eigenvalue weighted by Gasteiger charge is -2.34. The highest BCUT2D eigenvalue weighted by molar-refractivity contribution is 5.67. The van der Waals surface area contributed by atoms with Crippen LogP contribution in [0.25, 0.3) is 5.57 Å². The molecule has 2 aliphatic rings. The van der Waals surface area contributed by atoms with Crippen molar-refractivity contribution in [3.05, 3.63) is 75.9 Å². The van der Waals surface area contributed by atoms with Gasteiger partial charge in [0.25, 0.3) is 5.92 Å². The SMILES string of the molecule is Cc1c(F)cc(CC(F)(F)c2c(F)cc(C3=CCC(C4CCC(C)CC4)CC3)cc2F)cc1F. The summed E-state index contributed by atoms with van der Waals surface area (Å²) >= 11 is 0. The molecule has 4 rings (SSSR count). The maximum absolute atomic E-state index is 14.8. The molecular weight excluding hydrogens is 450 g/mol. The first kappa shape index (κ1) is 24.9. The molecule has 2 aliphatic carbocycles. The van der Waals surface area contributed by atoms with Crippen molar-refractivity contribution >= 4 is 5.57 Å². The van der Waals surface area contributed by atoms with Crippen molar-refractivity contribution in [3.8, 4) is 0 Å². The van der Waals surface area contributed by atoms with E-state index in [9.17, 15) is 26.3 Å². The smallest absolute Gasteiger partial charge is 0.207 e. The summed E-state index contributed by atoms with van der Waals surface area (Å²) in [5.74, 6) is -6.61. The predicted octanol–water partition coefficient (Wildman–Crippen LogP) is 8.90. The van der Waals surface area contributed by atoms with Crippen molar-refractivity contribution in [2.45, 2.75) is 71.1 Å². The zero-order valence-electron chi connectivity index (χ0n) is 19.5. The Bertz CT molecular complexity index is 1030. The van der Waals surface area contributed by atoms with E-state index >= 15 is 0 Å². The van der Waals surface area contributed by atoms with E-state index in [0.29, 0.717) is 18.3 Å². The Hall–Kier alpha value is -2.24. The molecule has 0 aliphatic heterocycles. The first-order valence-electron chi connectivity index (χ1n) is 12.1. The number of rotatable bonds is 5. The van der Waals surface area contributed by atoms with Crippen molar-refractivity contribution in [1.29, 1.82) is 0 Å². The fourth-order valence-electron chi connectivity index (χ4n) is 5.55. The minimum absolute atomic E-state index is 0.276. The van der Waals surface area contributed by atoms with Gasteiger partial charge < -0.3 is 0 Å². The molecule has 0 radical (unpaired) electrons. The first-order chi connectivity index (χ1) is 16.0. The summed E-state index contributed by atoms with van der Waals surface area (Å²) < 4.78 is 86.8. The standard InChI is InChI=1S/C28H30F6/c1-16-3-5-19(6-4-16)20-7-9-21(10-8-20)22-13-25(31)27(26(32)14-22)28(33,34)15-18-11-23(29)17(2)24(30)12-18/h9,11-14,16,19-20H,3-8,10,15H2,1-2H3. The van der Waals surface area contributed by atoms with E-state index in [0.717, 1.165) is 48.6 Å². The quantitative estimate of drug-likeness (QED) is 0.375. The van der Waals surface area contributed by atoms with Crippen LogP contribution in [0.1, 0.15) is 74.1 Å². The van der Waals surface area contributed by atoms with Gasteiger partial charge in [-0.15, -0.1) is 0 Å². The molecular formula is C28H30F6. The van der Waals surface area contributed by atoms with Gasteiger partial charge in [0, 0.05) is 12.0 Å². The van der Waals surface area contributed by atoms with Crippen molar-refractivity contribution in [2.75, 3.05) is 0 Å². The lowest BCUT2D eigenvalue weighted by Crippen LogP contribution is -2.23. The Morgan fingerprint density at radius 2 is 1.38 bits per heavy atom. The fraction of sp³-hybridized carbons (Fsp3) is 0.500. The summed E-state index contributed by atoms with van der Waals surface area (Å²) in [7, 11) is 0. The van der Waals surface area contributed by atoms with Crippen LogP contribution in [-0.2, 0) is 12.3 Å². The summed E-state index contributed by atoms with van der Waals surface area (Å²) in [5, 5.41) is 0. The number of allylic oxidation sites excluding steroid dienone is 2. The monoisotopic (exact) mass is 480 g/mol. The minimum atomic E-state index is -3.97. The molecule has 0 bridgehead atoms. The molecule has 1 atom stereocenters. The van der Waals surface area contributed by atoms with Crippen LogP contribution < -0.4 is 0 Å². The number of benzene rings is 2. The predicted molar refractivity (Wildman–Crippen MR) is 121 cm³/mol. The highest BCUT2D eigenvalue weighted by Gasteiger charge is 2.39. The highest BCUT2D eigenvalue weighted by atomic mass is 19.3. The summed E-state index contributed by atoms with van der Waals surface area (Å²) in [6.45, 7) is 3.46. The Kier molecular flexibility index (Phi) is 7.16. The van der Waals surface area contributed by atoms with E-state index in [-0.39, 0.29) is 16.7 Å². The van der Waals surface area contributed by atoms with Crippen LogP contribution >= 0.6 is 0 Å². The third-order valence-corrected chi connectivity index (χ3v) is 7.72. The van der Waals surface area contributed by atoms with Crippen LogP contribution in [0.15, 0.2) is 30.3 Å². The lowest BCUT2D eigenvalue weighted by molar-refractivity contribution is -0.0111. The third-order valence-electron chi connectivity index (χ3n) is 7.72. The summed E-state index contributed by atoms with van der Waals surface area (Å²) in [5.41, 5.74) is -0.988. The highest BCUT2D eigenvalue weighted by Crippen LogP contribution is 2.42. The molecule has 6 heteroatoms. The number of halogens is 6. The van der Waals surface area contributed by atoms with Gasteiger partial charge in [-0.1, -0.05) is 25.8 Å². The maximum Gasteiger partial charge on any atom is 0.282 e. The lowest BCUT2D eigenvalue weighted by atomic mass is 9.71. The average molecular weight is 481 g/mol. The average Bonchev–Trinajstić information content (AvgIpc) is 2.77. The van der Waals surface area contributed by atoms with Gasteiger partial charge in [-0.2, -0.15) is 0 Å². The molecule has 0 amide bonds. The molecule has 0 aromatic heterocycles. The van der Waals surface area contributed by atoms with E-state index in [1.54, 1.807) is 0 Å². The van der Waals surface area contributed by atoms with Gasteiger partial charge in [0.15, 0.2) is 0 Å². The van der Waals surface area contributed by atoms with Crippen molar-refractivity contribution in [1.82, 2.24) is 0 Å². The number of hydrogen-bond acceptors (Lipinski definition) is 0. The van der Waals surface area contributed by atoms with Crippen molar-refractivity contribution in [3.63, 3.8) is 0 Å². The molecule has 0 N–H and O–H groups in total. The van der Waals surface area contributed by atoms with Crippen LogP contribution in [-0.4, -0.2) is 0 Å². The molecule has 1 saturated carbocycles. The second kappa shape index (κ2) is 9.79. The molecule has 0 spiro atoms. The Balaban J connectivity index is 1.52. The maximum atomic E-state index is 14.8. The second-order valence-corrected chi connectivity index (χ2v) is 10.2. The zero-order valence-corrected chi connectivity index (χ0v) is 19.5. The fourth-order valence-corrected chi connectivity index (χ4v) is 5.55. The van der Waals surface area contributed by atoms with Crippen LogP contribution in [0.3, 0.4) is 0 Å². The summed E-state index contributed by atoms with van der Waals surface area (Å²) in [6.07, 6.45) is 8.13. The largest absolute Gasteiger partial charge is 0.282 e. The Labute approximate surface area is 197 Å². The third kappa shape index (κ3) is 5.21. The van der Waals surface area contributed by atoms with Gasteiger partial charge in [0.2, 0.25) is 0 Å². The zero-order chi connectivity index (χ0) is 24.6. The van der Waals surface area contributed by atoms with Gasteiger partial charge in [-0.05, 0) is 97.7 Å². The van der Waals surface area contributed by atoms with E-state index in [2.05, 4.69) is 6.92 Å².